The molecule has 1 fully saturated rings. The highest BCUT2D eigenvalue weighted by Crippen LogP contribution is 2.32. The minimum Gasteiger partial charge on any atom is -0.331 e. The Morgan fingerprint density at radius 2 is 2.16 bits per heavy atom. The molecule has 0 radical (unpaired) electrons. The number of nitrogens with zero attached hydrogens (tertiary/aromatic N) is 5. The number of aromatic nitrogens is 6. The van der Waals surface area contributed by atoms with E-state index in [1.165, 1.54) is 0 Å². The lowest BCUT2D eigenvalue weighted by molar-refractivity contribution is -0.117. The maximum absolute atomic E-state index is 12.9. The molecule has 162 valence electrons. The van der Waals surface area contributed by atoms with Crippen molar-refractivity contribution in [2.45, 2.75) is 57.9 Å². The van der Waals surface area contributed by atoms with Crippen molar-refractivity contribution in [3.8, 4) is 0 Å². The van der Waals surface area contributed by atoms with Crippen molar-refractivity contribution in [1.29, 1.82) is 0 Å². The van der Waals surface area contributed by atoms with Crippen LogP contribution in [0.1, 0.15) is 56.0 Å². The van der Waals surface area contributed by atoms with Crippen molar-refractivity contribution in [3.05, 3.63) is 35.4 Å². The molecule has 0 bridgehead atoms. The first-order valence-electron chi connectivity index (χ1n) is 10.9. The SMILES string of the molecule is CC(C)c1cc(Nc2nc(N3CCC[C@H]3C(=O)Nc3ncc[nH]3)nc3c2CCC3)n[nH]1. The Balaban J connectivity index is 1.42. The number of fused-ring (bicyclic) bond motifs is 1. The number of aryl methyl sites for hydroxylation is 1. The smallest absolute Gasteiger partial charge is 0.249 e. The van der Waals surface area contributed by atoms with Gasteiger partial charge in [0.25, 0.3) is 0 Å². The predicted octanol–water partition coefficient (Wildman–Crippen LogP) is 2.89. The Labute approximate surface area is 180 Å². The molecule has 3 aromatic heterocycles. The third-order valence-electron chi connectivity index (χ3n) is 5.94. The highest BCUT2D eigenvalue weighted by Gasteiger charge is 2.34. The summed E-state index contributed by atoms with van der Waals surface area (Å²) in [6.07, 6.45) is 7.90. The molecule has 31 heavy (non-hydrogen) atoms. The summed E-state index contributed by atoms with van der Waals surface area (Å²) in [6.45, 7) is 4.99. The van der Waals surface area contributed by atoms with E-state index in [1.54, 1.807) is 12.4 Å². The Morgan fingerprint density at radius 1 is 1.26 bits per heavy atom. The molecule has 3 aromatic rings. The number of H-pyrrole nitrogens is 2. The van der Waals surface area contributed by atoms with Crippen LogP contribution in [0.3, 0.4) is 0 Å². The molecule has 0 aromatic carbocycles. The minimum absolute atomic E-state index is 0.0973. The van der Waals surface area contributed by atoms with Gasteiger partial charge in [0, 0.05) is 36.3 Å². The third kappa shape index (κ3) is 3.85. The first-order chi connectivity index (χ1) is 15.1. The molecular weight excluding hydrogens is 394 g/mol. The second-order valence-electron chi connectivity index (χ2n) is 8.42. The summed E-state index contributed by atoms with van der Waals surface area (Å²) in [6, 6.07) is 1.69. The maximum Gasteiger partial charge on any atom is 0.249 e. The molecule has 1 saturated heterocycles. The summed E-state index contributed by atoms with van der Waals surface area (Å²) in [4.78, 5) is 31.6. The van der Waals surface area contributed by atoms with E-state index >= 15 is 0 Å². The summed E-state index contributed by atoms with van der Waals surface area (Å²) in [5, 5.41) is 13.7. The van der Waals surface area contributed by atoms with Gasteiger partial charge in [0.15, 0.2) is 5.82 Å². The number of imidazole rings is 1. The van der Waals surface area contributed by atoms with E-state index in [9.17, 15) is 4.79 Å². The van der Waals surface area contributed by atoms with Crippen LogP contribution in [-0.2, 0) is 17.6 Å². The first kappa shape index (κ1) is 19.5. The number of carbonyl (C=O) groups is 1. The first-order valence-corrected chi connectivity index (χ1v) is 10.9. The van der Waals surface area contributed by atoms with Crippen molar-refractivity contribution < 1.29 is 4.79 Å². The molecule has 2 aliphatic rings. The van der Waals surface area contributed by atoms with Crippen LogP contribution in [-0.4, -0.2) is 48.6 Å². The fraction of sp³-hybridized carbons (Fsp3) is 0.476. The normalized spacial score (nSPS) is 17.9. The zero-order valence-electron chi connectivity index (χ0n) is 17.8. The number of nitrogens with one attached hydrogen (secondary N) is 4. The van der Waals surface area contributed by atoms with Crippen molar-refractivity contribution in [1.82, 2.24) is 30.1 Å². The van der Waals surface area contributed by atoms with Gasteiger partial charge in [0.05, 0.1) is 5.69 Å². The number of anilines is 4. The van der Waals surface area contributed by atoms with E-state index in [2.05, 4.69) is 44.6 Å². The maximum atomic E-state index is 12.9. The highest BCUT2D eigenvalue weighted by molar-refractivity contribution is 5.95. The summed E-state index contributed by atoms with van der Waals surface area (Å²) < 4.78 is 0. The molecule has 10 heteroatoms. The zero-order chi connectivity index (χ0) is 21.4. The molecule has 10 nitrogen and oxygen atoms in total. The van der Waals surface area contributed by atoms with Crippen LogP contribution in [0.4, 0.5) is 23.5 Å². The average molecular weight is 422 g/mol. The van der Waals surface area contributed by atoms with Crippen LogP contribution >= 0.6 is 0 Å². The van der Waals surface area contributed by atoms with E-state index in [0.717, 1.165) is 67.2 Å². The average Bonchev–Trinajstić information content (AvgIpc) is 3.53. The van der Waals surface area contributed by atoms with E-state index in [-0.39, 0.29) is 11.9 Å². The van der Waals surface area contributed by atoms with Gasteiger partial charge in [-0.25, -0.2) is 9.97 Å². The zero-order valence-corrected chi connectivity index (χ0v) is 17.8. The van der Waals surface area contributed by atoms with Gasteiger partial charge in [0.1, 0.15) is 11.9 Å². The van der Waals surface area contributed by atoms with E-state index in [0.29, 0.717) is 17.8 Å². The van der Waals surface area contributed by atoms with Gasteiger partial charge >= 0.3 is 0 Å². The molecule has 1 amide bonds. The van der Waals surface area contributed by atoms with E-state index < -0.39 is 0 Å². The number of hydrogen-bond donors (Lipinski definition) is 4. The lowest BCUT2D eigenvalue weighted by Gasteiger charge is -2.24. The lowest BCUT2D eigenvalue weighted by Crippen LogP contribution is -2.41. The topological polar surface area (TPSA) is 128 Å². The van der Waals surface area contributed by atoms with Crippen LogP contribution in [0.2, 0.25) is 0 Å². The number of hydrogen-bond acceptors (Lipinski definition) is 7. The van der Waals surface area contributed by atoms with E-state index in [4.69, 9.17) is 9.97 Å². The quantitative estimate of drug-likeness (QED) is 0.482. The molecule has 4 heterocycles. The monoisotopic (exact) mass is 421 g/mol. The minimum atomic E-state index is -0.324. The molecular formula is C21H27N9O. The molecule has 1 aliphatic carbocycles. The molecule has 0 saturated carbocycles. The van der Waals surface area contributed by atoms with Gasteiger partial charge in [-0.2, -0.15) is 10.1 Å². The summed E-state index contributed by atoms with van der Waals surface area (Å²) >= 11 is 0. The van der Waals surface area contributed by atoms with Gasteiger partial charge < -0.3 is 15.2 Å². The molecule has 1 aliphatic heterocycles. The van der Waals surface area contributed by atoms with Crippen LogP contribution in [0, 0.1) is 0 Å². The highest BCUT2D eigenvalue weighted by atomic mass is 16.2. The van der Waals surface area contributed by atoms with Gasteiger partial charge in [-0.15, -0.1) is 0 Å². The summed E-state index contributed by atoms with van der Waals surface area (Å²) in [5.41, 5.74) is 3.28. The second kappa shape index (κ2) is 8.01. The van der Waals surface area contributed by atoms with Crippen LogP contribution in [0.15, 0.2) is 18.5 Å². The second-order valence-corrected chi connectivity index (χ2v) is 8.42. The molecule has 0 spiro atoms. The van der Waals surface area contributed by atoms with Crippen molar-refractivity contribution in [2.75, 3.05) is 22.1 Å². The van der Waals surface area contributed by atoms with Gasteiger partial charge in [-0.3, -0.25) is 15.2 Å². The summed E-state index contributed by atoms with van der Waals surface area (Å²) in [7, 11) is 0. The predicted molar refractivity (Wildman–Crippen MR) is 118 cm³/mol. The summed E-state index contributed by atoms with van der Waals surface area (Å²) in [5.74, 6) is 2.86. The van der Waals surface area contributed by atoms with Gasteiger partial charge in [0.2, 0.25) is 17.8 Å². The Hall–Kier alpha value is -3.43. The molecule has 4 N–H and O–H groups in total. The Bertz CT molecular complexity index is 1070. The Morgan fingerprint density at radius 3 is 2.94 bits per heavy atom. The van der Waals surface area contributed by atoms with Crippen molar-refractivity contribution in [2.24, 2.45) is 0 Å². The fourth-order valence-corrected chi connectivity index (χ4v) is 4.28. The number of rotatable bonds is 6. The molecule has 0 unspecified atom stereocenters. The van der Waals surface area contributed by atoms with Crippen LogP contribution in [0.5, 0.6) is 0 Å². The fourth-order valence-electron chi connectivity index (χ4n) is 4.28. The van der Waals surface area contributed by atoms with Crippen LogP contribution < -0.4 is 15.5 Å². The van der Waals surface area contributed by atoms with Crippen LogP contribution in [0.25, 0.3) is 0 Å². The lowest BCUT2D eigenvalue weighted by atomic mass is 10.1. The molecule has 1 atom stereocenters. The van der Waals surface area contributed by atoms with Gasteiger partial charge in [-0.1, -0.05) is 13.8 Å². The van der Waals surface area contributed by atoms with E-state index in [1.807, 2.05) is 11.0 Å². The number of amides is 1. The van der Waals surface area contributed by atoms with Gasteiger partial charge in [-0.05, 0) is 38.0 Å². The largest absolute Gasteiger partial charge is 0.331 e. The standard InChI is InChI=1S/C21H27N9O/c1-12(2)15-11-17(29-28-15)25-18-13-5-3-6-14(13)24-21(26-18)30-10-4-7-16(30)19(31)27-20-22-8-9-23-20/h8-9,11-12,16H,3-7,10H2,1-2H3,(H2,22,23,27,31)(H2,24,25,26,28,29)/t16-/m0/s1. The number of carbonyl (C=O) groups excluding carboxylic acids is 1. The third-order valence-corrected chi connectivity index (χ3v) is 5.94. The Kier molecular flexibility index (Phi) is 5.05. The number of aromatic amines is 2. The van der Waals surface area contributed by atoms with Crippen molar-refractivity contribution >= 4 is 29.4 Å². The molecule has 5 rings (SSSR count). The van der Waals surface area contributed by atoms with Crippen molar-refractivity contribution in [3.63, 3.8) is 0 Å².